The minimum absolute atomic E-state index is 0.0935. The average Bonchev–Trinajstić information content (AvgIpc) is 3.20. The number of ketones is 1. The molecule has 0 unspecified atom stereocenters. The van der Waals surface area contributed by atoms with Gasteiger partial charge in [-0.3, -0.25) is 9.59 Å². The van der Waals surface area contributed by atoms with Gasteiger partial charge in [0.1, 0.15) is 19.3 Å². The molecular formula is C21H21NO8S. The fourth-order valence-corrected chi connectivity index (χ4v) is 5.17. The molecule has 1 N–H and O–H groups in total. The van der Waals surface area contributed by atoms with E-state index < -0.39 is 40.5 Å². The van der Waals surface area contributed by atoms with Crippen molar-refractivity contribution >= 4 is 21.8 Å². The summed E-state index contributed by atoms with van der Waals surface area (Å²) < 4.78 is 43.2. The highest BCUT2D eigenvalue weighted by molar-refractivity contribution is 7.89. The summed E-state index contributed by atoms with van der Waals surface area (Å²) in [5, 5.41) is 10.1. The molecule has 2 atom stereocenters. The number of hydrogen-bond acceptors (Lipinski definition) is 8. The summed E-state index contributed by atoms with van der Waals surface area (Å²) in [4.78, 5) is 24.7. The zero-order valence-corrected chi connectivity index (χ0v) is 17.3. The zero-order chi connectivity index (χ0) is 22.0. The number of carbonyl (C=O) groups is 2. The number of carbonyl (C=O) groups excluding carboxylic acids is 2. The number of sulfonamides is 1. The topological polar surface area (TPSA) is 119 Å². The Morgan fingerprint density at radius 3 is 2.52 bits per heavy atom. The molecule has 0 aliphatic carbocycles. The van der Waals surface area contributed by atoms with Crippen molar-refractivity contribution in [3.63, 3.8) is 0 Å². The lowest BCUT2D eigenvalue weighted by Crippen LogP contribution is -2.42. The molecule has 0 radical (unpaired) electrons. The molecule has 0 saturated carbocycles. The summed E-state index contributed by atoms with van der Waals surface area (Å²) in [6, 6.07) is 11.2. The van der Waals surface area contributed by atoms with Crippen LogP contribution in [-0.2, 0) is 19.6 Å². The smallest absolute Gasteiger partial charge is 0.325 e. The standard InChI is InChI=1S/C21H21NO8S/c23-15-10-17(21(25)30-13-18(24)14-4-2-1-3-5-14)22(12-15)31(26,27)16-6-7-19-20(11-16)29-9-8-28-19/h1-7,11,15,17,23H,8-10,12-13H2/t15-,17+/m0/s1. The van der Waals surface area contributed by atoms with Crippen molar-refractivity contribution in [3.05, 3.63) is 54.1 Å². The van der Waals surface area contributed by atoms with Gasteiger partial charge in [-0.15, -0.1) is 0 Å². The Morgan fingerprint density at radius 2 is 1.77 bits per heavy atom. The van der Waals surface area contributed by atoms with E-state index in [1.54, 1.807) is 30.3 Å². The summed E-state index contributed by atoms with van der Waals surface area (Å²) in [5.74, 6) is -0.572. The Bertz CT molecular complexity index is 1090. The van der Waals surface area contributed by atoms with Crippen LogP contribution in [0.2, 0.25) is 0 Å². The van der Waals surface area contributed by atoms with Gasteiger partial charge in [-0.25, -0.2) is 8.42 Å². The maximum atomic E-state index is 13.2. The van der Waals surface area contributed by atoms with Gasteiger partial charge in [-0.05, 0) is 12.1 Å². The Balaban J connectivity index is 1.50. The van der Waals surface area contributed by atoms with Gasteiger partial charge in [0.15, 0.2) is 23.9 Å². The zero-order valence-electron chi connectivity index (χ0n) is 16.5. The van der Waals surface area contributed by atoms with E-state index in [1.165, 1.54) is 18.2 Å². The Hall–Kier alpha value is -2.95. The summed E-state index contributed by atoms with van der Waals surface area (Å²) in [5.41, 5.74) is 0.377. The highest BCUT2D eigenvalue weighted by Gasteiger charge is 2.44. The molecule has 2 aliphatic rings. The van der Waals surface area contributed by atoms with Crippen LogP contribution in [0, 0.1) is 0 Å². The van der Waals surface area contributed by atoms with E-state index in [4.69, 9.17) is 14.2 Å². The first kappa shape index (κ1) is 21.3. The van der Waals surface area contributed by atoms with Crippen LogP contribution < -0.4 is 9.47 Å². The van der Waals surface area contributed by atoms with Gasteiger partial charge in [-0.1, -0.05) is 30.3 Å². The summed E-state index contributed by atoms with van der Waals surface area (Å²) in [6.45, 7) is -0.118. The third kappa shape index (κ3) is 4.41. The number of benzene rings is 2. The predicted molar refractivity (Wildman–Crippen MR) is 107 cm³/mol. The lowest BCUT2D eigenvalue weighted by atomic mass is 10.1. The van der Waals surface area contributed by atoms with Crippen molar-refractivity contribution in [1.82, 2.24) is 4.31 Å². The Labute approximate surface area is 179 Å². The number of esters is 1. The normalized spacial score (nSPS) is 20.9. The number of fused-ring (bicyclic) bond motifs is 1. The molecule has 2 aromatic carbocycles. The monoisotopic (exact) mass is 447 g/mol. The van der Waals surface area contributed by atoms with Crippen molar-refractivity contribution in [2.75, 3.05) is 26.4 Å². The SMILES string of the molecule is O=C(COC(=O)[C@H]1C[C@H](O)CN1S(=O)(=O)c1ccc2c(c1)OCCO2)c1ccccc1. The van der Waals surface area contributed by atoms with Crippen LogP contribution in [0.4, 0.5) is 0 Å². The van der Waals surface area contributed by atoms with Crippen molar-refractivity contribution in [2.24, 2.45) is 0 Å². The number of ether oxygens (including phenoxy) is 3. The highest BCUT2D eigenvalue weighted by atomic mass is 32.2. The fraction of sp³-hybridized carbons (Fsp3) is 0.333. The van der Waals surface area contributed by atoms with Crippen molar-refractivity contribution < 1.29 is 37.3 Å². The van der Waals surface area contributed by atoms with E-state index >= 15 is 0 Å². The molecule has 2 aliphatic heterocycles. The molecule has 2 heterocycles. The van der Waals surface area contributed by atoms with E-state index in [-0.39, 0.29) is 17.9 Å². The van der Waals surface area contributed by atoms with Crippen LogP contribution in [-0.4, -0.2) is 68.1 Å². The van der Waals surface area contributed by atoms with Gasteiger partial charge in [0, 0.05) is 24.6 Å². The molecule has 1 fully saturated rings. The van der Waals surface area contributed by atoms with Gasteiger partial charge in [0.25, 0.3) is 0 Å². The first-order valence-electron chi connectivity index (χ1n) is 9.70. The van der Waals surface area contributed by atoms with Crippen molar-refractivity contribution in [1.29, 1.82) is 0 Å². The predicted octanol–water partition coefficient (Wildman–Crippen LogP) is 1.01. The van der Waals surface area contributed by atoms with E-state index in [2.05, 4.69) is 0 Å². The van der Waals surface area contributed by atoms with Gasteiger partial charge in [0.2, 0.25) is 10.0 Å². The summed E-state index contributed by atoms with van der Waals surface area (Å²) >= 11 is 0. The molecule has 0 aromatic heterocycles. The number of aliphatic hydroxyl groups excluding tert-OH is 1. The first-order valence-corrected chi connectivity index (χ1v) is 11.1. The van der Waals surface area contributed by atoms with E-state index in [9.17, 15) is 23.1 Å². The molecule has 0 amide bonds. The molecular weight excluding hydrogens is 426 g/mol. The van der Waals surface area contributed by atoms with Crippen LogP contribution in [0.15, 0.2) is 53.4 Å². The van der Waals surface area contributed by atoms with Gasteiger partial charge < -0.3 is 19.3 Å². The third-order valence-electron chi connectivity index (χ3n) is 5.07. The van der Waals surface area contributed by atoms with Crippen molar-refractivity contribution in [3.8, 4) is 11.5 Å². The lowest BCUT2D eigenvalue weighted by Gasteiger charge is -2.24. The van der Waals surface area contributed by atoms with Crippen LogP contribution in [0.25, 0.3) is 0 Å². The van der Waals surface area contributed by atoms with E-state index in [0.717, 1.165) is 4.31 Å². The molecule has 4 rings (SSSR count). The van der Waals surface area contributed by atoms with Crippen LogP contribution in [0.3, 0.4) is 0 Å². The largest absolute Gasteiger partial charge is 0.486 e. The van der Waals surface area contributed by atoms with Gasteiger partial charge in [-0.2, -0.15) is 4.31 Å². The minimum Gasteiger partial charge on any atom is -0.486 e. The molecule has 31 heavy (non-hydrogen) atoms. The summed E-state index contributed by atoms with van der Waals surface area (Å²) in [6.07, 6.45) is -1.16. The molecule has 1 saturated heterocycles. The van der Waals surface area contributed by atoms with Crippen LogP contribution in [0.1, 0.15) is 16.8 Å². The number of nitrogens with zero attached hydrogens (tertiary/aromatic N) is 1. The number of rotatable bonds is 6. The molecule has 164 valence electrons. The molecule has 10 heteroatoms. The second kappa shape index (κ2) is 8.66. The summed E-state index contributed by atoms with van der Waals surface area (Å²) in [7, 11) is -4.14. The molecule has 0 spiro atoms. The lowest BCUT2D eigenvalue weighted by molar-refractivity contribution is -0.146. The quantitative estimate of drug-likeness (QED) is 0.515. The van der Waals surface area contributed by atoms with E-state index in [0.29, 0.717) is 30.3 Å². The molecule has 9 nitrogen and oxygen atoms in total. The first-order chi connectivity index (χ1) is 14.9. The minimum atomic E-state index is -4.14. The number of β-amino-alcohol motifs (C(OH)–C–C–N with tert-alkyl or cyclic N) is 1. The molecule has 2 aromatic rings. The third-order valence-corrected chi connectivity index (χ3v) is 6.94. The Morgan fingerprint density at radius 1 is 1.06 bits per heavy atom. The highest BCUT2D eigenvalue weighted by Crippen LogP contribution is 2.35. The number of Topliss-reactive ketones (excluding diaryl/α,β-unsaturated/α-hetero) is 1. The number of hydrogen-bond donors (Lipinski definition) is 1. The van der Waals surface area contributed by atoms with Crippen LogP contribution in [0.5, 0.6) is 11.5 Å². The fourth-order valence-electron chi connectivity index (χ4n) is 3.52. The second-order valence-electron chi connectivity index (χ2n) is 7.18. The molecule has 0 bridgehead atoms. The average molecular weight is 447 g/mol. The maximum absolute atomic E-state index is 13.2. The van der Waals surface area contributed by atoms with Gasteiger partial charge in [0.05, 0.1) is 11.0 Å². The van der Waals surface area contributed by atoms with Crippen molar-refractivity contribution in [2.45, 2.75) is 23.5 Å². The van der Waals surface area contributed by atoms with Gasteiger partial charge >= 0.3 is 5.97 Å². The maximum Gasteiger partial charge on any atom is 0.325 e. The number of aliphatic hydroxyl groups is 1. The second-order valence-corrected chi connectivity index (χ2v) is 9.07. The van der Waals surface area contributed by atoms with E-state index in [1.807, 2.05) is 0 Å². The van der Waals surface area contributed by atoms with Crippen LogP contribution >= 0.6 is 0 Å². The Kier molecular flexibility index (Phi) is 5.94.